The number of fused-ring (bicyclic) bond motifs is 1. The van der Waals surface area contributed by atoms with Gasteiger partial charge in [0.15, 0.2) is 0 Å². The van der Waals surface area contributed by atoms with Gasteiger partial charge in [0.2, 0.25) is 0 Å². The van der Waals surface area contributed by atoms with E-state index in [1.807, 2.05) is 6.92 Å². The highest BCUT2D eigenvalue weighted by atomic mass is 14.9. The van der Waals surface area contributed by atoms with Crippen LogP contribution in [0.15, 0.2) is 24.3 Å². The van der Waals surface area contributed by atoms with Gasteiger partial charge in [0, 0.05) is 12.5 Å². The van der Waals surface area contributed by atoms with Gasteiger partial charge in [0.05, 0.1) is 0 Å². The fourth-order valence-corrected chi connectivity index (χ4v) is 3.34. The topological polar surface area (TPSA) is 12.0 Å². The molecule has 0 saturated heterocycles. The molecule has 0 saturated carbocycles. The second-order valence-corrected chi connectivity index (χ2v) is 5.72. The number of aryl methyl sites for hydroxylation is 1. The van der Waals surface area contributed by atoms with Crippen LogP contribution in [-0.2, 0) is 6.42 Å². The van der Waals surface area contributed by atoms with Crippen molar-refractivity contribution in [3.63, 3.8) is 0 Å². The highest BCUT2D eigenvalue weighted by molar-refractivity contribution is 5.33. The molecule has 1 nitrogen and oxygen atoms in total. The average molecular weight is 269 g/mol. The summed E-state index contributed by atoms with van der Waals surface area (Å²) in [6.07, 6.45) is 7.27. The van der Waals surface area contributed by atoms with Crippen molar-refractivity contribution in [3.8, 4) is 11.8 Å². The first-order chi connectivity index (χ1) is 9.86. The summed E-state index contributed by atoms with van der Waals surface area (Å²) in [7, 11) is 0. The van der Waals surface area contributed by atoms with E-state index < -0.39 is 0 Å². The summed E-state index contributed by atoms with van der Waals surface area (Å²) in [6, 6.07) is 9.60. The van der Waals surface area contributed by atoms with Gasteiger partial charge in [0.1, 0.15) is 0 Å². The zero-order chi connectivity index (χ0) is 14.2. The van der Waals surface area contributed by atoms with Gasteiger partial charge in [-0.3, -0.25) is 0 Å². The zero-order valence-electron chi connectivity index (χ0n) is 12.9. The van der Waals surface area contributed by atoms with Crippen molar-refractivity contribution in [2.45, 2.75) is 64.3 Å². The molecule has 0 bridgehead atoms. The van der Waals surface area contributed by atoms with Gasteiger partial charge in [-0.15, -0.1) is 11.8 Å². The van der Waals surface area contributed by atoms with Crippen LogP contribution in [0.25, 0.3) is 0 Å². The predicted molar refractivity (Wildman–Crippen MR) is 86.9 cm³/mol. The molecule has 0 aliphatic heterocycles. The fourth-order valence-electron chi connectivity index (χ4n) is 3.34. The Bertz CT molecular complexity index is 466. The SMILES string of the molecule is CC#CCCC(NCCC)C1CCCc2ccccc21. The summed E-state index contributed by atoms with van der Waals surface area (Å²) in [4.78, 5) is 0. The summed E-state index contributed by atoms with van der Waals surface area (Å²) in [6.45, 7) is 5.29. The van der Waals surface area contributed by atoms with E-state index in [1.54, 1.807) is 11.1 Å². The van der Waals surface area contributed by atoms with Gasteiger partial charge in [-0.1, -0.05) is 31.2 Å². The fraction of sp³-hybridized carbons (Fsp3) is 0.579. The zero-order valence-corrected chi connectivity index (χ0v) is 12.9. The van der Waals surface area contributed by atoms with E-state index in [0.717, 1.165) is 13.0 Å². The van der Waals surface area contributed by atoms with Gasteiger partial charge in [-0.05, 0) is 62.6 Å². The maximum Gasteiger partial charge on any atom is 0.0145 e. The van der Waals surface area contributed by atoms with Gasteiger partial charge in [-0.25, -0.2) is 0 Å². The van der Waals surface area contributed by atoms with Crippen LogP contribution in [0.2, 0.25) is 0 Å². The molecule has 1 aromatic carbocycles. The van der Waals surface area contributed by atoms with E-state index in [0.29, 0.717) is 12.0 Å². The monoisotopic (exact) mass is 269 g/mol. The summed E-state index contributed by atoms with van der Waals surface area (Å²) >= 11 is 0. The van der Waals surface area contributed by atoms with Crippen LogP contribution in [0.1, 0.15) is 63.0 Å². The molecule has 0 fully saturated rings. The van der Waals surface area contributed by atoms with E-state index in [2.05, 4.69) is 48.3 Å². The Morgan fingerprint density at radius 2 is 2.20 bits per heavy atom. The third kappa shape index (κ3) is 3.87. The Morgan fingerprint density at radius 1 is 1.35 bits per heavy atom. The Kier molecular flexibility index (Phi) is 6.15. The third-order valence-electron chi connectivity index (χ3n) is 4.32. The molecular weight excluding hydrogens is 242 g/mol. The molecule has 2 atom stereocenters. The standard InChI is InChI=1S/C19H27N/c1-3-5-6-14-19(20-15-4-2)18-13-9-11-16-10-7-8-12-17(16)18/h7-8,10,12,18-20H,4,6,9,11,13-15H2,1-2H3. The lowest BCUT2D eigenvalue weighted by Gasteiger charge is -2.33. The molecule has 20 heavy (non-hydrogen) atoms. The molecular formula is C19H27N. The molecule has 0 radical (unpaired) electrons. The Hall–Kier alpha value is -1.26. The van der Waals surface area contributed by atoms with E-state index in [9.17, 15) is 0 Å². The van der Waals surface area contributed by atoms with E-state index in [1.165, 1.54) is 32.1 Å². The number of hydrogen-bond donors (Lipinski definition) is 1. The molecule has 108 valence electrons. The molecule has 1 N–H and O–H groups in total. The van der Waals surface area contributed by atoms with Crippen LogP contribution < -0.4 is 5.32 Å². The van der Waals surface area contributed by atoms with Crippen molar-refractivity contribution in [2.24, 2.45) is 0 Å². The highest BCUT2D eigenvalue weighted by Gasteiger charge is 2.26. The van der Waals surface area contributed by atoms with Crippen molar-refractivity contribution in [1.29, 1.82) is 0 Å². The first-order valence-electron chi connectivity index (χ1n) is 8.07. The summed E-state index contributed by atoms with van der Waals surface area (Å²) in [5.74, 6) is 6.92. The van der Waals surface area contributed by atoms with E-state index in [-0.39, 0.29) is 0 Å². The van der Waals surface area contributed by atoms with Crippen molar-refractivity contribution in [1.82, 2.24) is 5.32 Å². The van der Waals surface area contributed by atoms with Crippen LogP contribution in [0.4, 0.5) is 0 Å². The molecule has 0 amide bonds. The minimum Gasteiger partial charge on any atom is -0.313 e. The minimum absolute atomic E-state index is 0.581. The summed E-state index contributed by atoms with van der Waals surface area (Å²) in [5.41, 5.74) is 3.14. The summed E-state index contributed by atoms with van der Waals surface area (Å²) in [5, 5.41) is 3.77. The molecule has 1 aliphatic rings. The Balaban J connectivity index is 2.12. The molecule has 1 heteroatoms. The molecule has 1 aliphatic carbocycles. The molecule has 0 heterocycles. The third-order valence-corrected chi connectivity index (χ3v) is 4.32. The molecule has 0 aromatic heterocycles. The van der Waals surface area contributed by atoms with E-state index in [4.69, 9.17) is 0 Å². The van der Waals surface area contributed by atoms with Crippen molar-refractivity contribution in [2.75, 3.05) is 6.54 Å². The van der Waals surface area contributed by atoms with Crippen LogP contribution in [0.5, 0.6) is 0 Å². The lowest BCUT2D eigenvalue weighted by Crippen LogP contribution is -2.37. The molecule has 2 rings (SSSR count). The normalized spacial score (nSPS) is 18.8. The molecule has 2 unspecified atom stereocenters. The maximum atomic E-state index is 3.77. The quantitative estimate of drug-likeness (QED) is 0.760. The number of hydrogen-bond acceptors (Lipinski definition) is 1. The van der Waals surface area contributed by atoms with Gasteiger partial charge >= 0.3 is 0 Å². The first-order valence-corrected chi connectivity index (χ1v) is 8.07. The first kappa shape index (κ1) is 15.1. The Morgan fingerprint density at radius 3 is 3.00 bits per heavy atom. The molecule has 0 spiro atoms. The lowest BCUT2D eigenvalue weighted by atomic mass is 9.77. The predicted octanol–water partition coefficient (Wildman–Crippen LogP) is 4.28. The van der Waals surface area contributed by atoms with Gasteiger partial charge in [-0.2, -0.15) is 0 Å². The van der Waals surface area contributed by atoms with Gasteiger partial charge in [0.25, 0.3) is 0 Å². The smallest absolute Gasteiger partial charge is 0.0145 e. The van der Waals surface area contributed by atoms with Crippen molar-refractivity contribution in [3.05, 3.63) is 35.4 Å². The van der Waals surface area contributed by atoms with Crippen LogP contribution in [-0.4, -0.2) is 12.6 Å². The highest BCUT2D eigenvalue weighted by Crippen LogP contribution is 2.35. The summed E-state index contributed by atoms with van der Waals surface area (Å²) < 4.78 is 0. The van der Waals surface area contributed by atoms with Crippen LogP contribution in [0.3, 0.4) is 0 Å². The van der Waals surface area contributed by atoms with Crippen LogP contribution >= 0.6 is 0 Å². The average Bonchev–Trinajstić information content (AvgIpc) is 2.50. The lowest BCUT2D eigenvalue weighted by molar-refractivity contribution is 0.376. The van der Waals surface area contributed by atoms with Crippen LogP contribution in [0, 0.1) is 11.8 Å². The number of rotatable bonds is 6. The number of nitrogens with one attached hydrogen (secondary N) is 1. The van der Waals surface area contributed by atoms with Crippen molar-refractivity contribution >= 4 is 0 Å². The largest absolute Gasteiger partial charge is 0.313 e. The molecule has 1 aromatic rings. The maximum absolute atomic E-state index is 3.77. The van der Waals surface area contributed by atoms with E-state index >= 15 is 0 Å². The second-order valence-electron chi connectivity index (χ2n) is 5.72. The Labute approximate surface area is 124 Å². The second kappa shape index (κ2) is 8.12. The number of benzene rings is 1. The van der Waals surface area contributed by atoms with Gasteiger partial charge < -0.3 is 5.32 Å². The van der Waals surface area contributed by atoms with Crippen molar-refractivity contribution < 1.29 is 0 Å². The minimum atomic E-state index is 0.581.